The molecule has 0 spiro atoms. The van der Waals surface area contributed by atoms with Gasteiger partial charge >= 0.3 is 0 Å². The Hall–Kier alpha value is -0.710. The molecular formula is C15H23ClF2N2. The van der Waals surface area contributed by atoms with Crippen LogP contribution in [-0.4, -0.2) is 31.1 Å². The number of nitrogens with zero attached hydrogens (tertiary/aromatic N) is 1. The summed E-state index contributed by atoms with van der Waals surface area (Å²) in [4.78, 5) is 2.12. The van der Waals surface area contributed by atoms with E-state index in [-0.39, 0.29) is 18.0 Å². The second-order valence-corrected chi connectivity index (χ2v) is 5.24. The van der Waals surface area contributed by atoms with Crippen LogP contribution in [0, 0.1) is 17.6 Å². The first-order chi connectivity index (χ1) is 9.20. The van der Waals surface area contributed by atoms with Crippen LogP contribution in [0.25, 0.3) is 0 Å². The van der Waals surface area contributed by atoms with Crippen molar-refractivity contribution in [2.75, 3.05) is 26.2 Å². The molecule has 0 radical (unpaired) electrons. The van der Waals surface area contributed by atoms with Gasteiger partial charge in [-0.1, -0.05) is 13.0 Å². The fourth-order valence-electron chi connectivity index (χ4n) is 2.66. The molecule has 1 N–H and O–H groups in total. The molecule has 1 aliphatic heterocycles. The summed E-state index contributed by atoms with van der Waals surface area (Å²) in [5, 5.41) is 3.38. The second-order valence-electron chi connectivity index (χ2n) is 5.24. The van der Waals surface area contributed by atoms with Crippen molar-refractivity contribution in [3.05, 3.63) is 35.4 Å². The summed E-state index contributed by atoms with van der Waals surface area (Å²) in [5.41, 5.74) is 0.188. The summed E-state index contributed by atoms with van der Waals surface area (Å²) in [6.07, 6.45) is 2.39. The van der Waals surface area contributed by atoms with Crippen LogP contribution >= 0.6 is 12.4 Å². The summed E-state index contributed by atoms with van der Waals surface area (Å²) < 4.78 is 27.3. The first-order valence-corrected chi connectivity index (χ1v) is 7.06. The van der Waals surface area contributed by atoms with Crippen LogP contribution in [0.1, 0.15) is 25.3 Å². The lowest BCUT2D eigenvalue weighted by molar-refractivity contribution is 0.205. The van der Waals surface area contributed by atoms with Gasteiger partial charge in [-0.15, -0.1) is 12.4 Å². The predicted molar refractivity (Wildman–Crippen MR) is 80.2 cm³/mol. The number of benzene rings is 1. The van der Waals surface area contributed by atoms with Crippen LogP contribution < -0.4 is 5.32 Å². The first-order valence-electron chi connectivity index (χ1n) is 7.06. The van der Waals surface area contributed by atoms with E-state index < -0.39 is 11.6 Å². The number of halogens is 3. The molecule has 1 aromatic rings. The Morgan fingerprint density at radius 2 is 2.00 bits per heavy atom. The second kappa shape index (κ2) is 8.55. The van der Waals surface area contributed by atoms with Gasteiger partial charge in [0.15, 0.2) is 0 Å². The molecule has 1 unspecified atom stereocenters. The normalized spacial score (nSPS) is 18.9. The van der Waals surface area contributed by atoms with Gasteiger partial charge in [-0.2, -0.15) is 0 Å². The number of hydrogen-bond donors (Lipinski definition) is 1. The SMILES string of the molecule is CCN(Cc1c(F)cccc1F)CC1CCCNC1.Cl. The maximum atomic E-state index is 13.6. The largest absolute Gasteiger partial charge is 0.316 e. The zero-order valence-electron chi connectivity index (χ0n) is 11.9. The maximum absolute atomic E-state index is 13.6. The van der Waals surface area contributed by atoms with Gasteiger partial charge in [0.25, 0.3) is 0 Å². The van der Waals surface area contributed by atoms with E-state index in [4.69, 9.17) is 0 Å². The summed E-state index contributed by atoms with van der Waals surface area (Å²) in [5.74, 6) is -0.302. The Morgan fingerprint density at radius 3 is 2.55 bits per heavy atom. The smallest absolute Gasteiger partial charge is 0.130 e. The van der Waals surface area contributed by atoms with Crippen molar-refractivity contribution in [1.82, 2.24) is 10.2 Å². The van der Waals surface area contributed by atoms with Gasteiger partial charge in [0.05, 0.1) is 0 Å². The zero-order valence-corrected chi connectivity index (χ0v) is 12.7. The Balaban J connectivity index is 0.00000200. The van der Waals surface area contributed by atoms with Crippen LogP contribution in [0.4, 0.5) is 8.78 Å². The van der Waals surface area contributed by atoms with E-state index in [2.05, 4.69) is 10.2 Å². The minimum absolute atomic E-state index is 0. The zero-order chi connectivity index (χ0) is 13.7. The van der Waals surface area contributed by atoms with Crippen LogP contribution in [-0.2, 0) is 6.54 Å². The highest BCUT2D eigenvalue weighted by Crippen LogP contribution is 2.17. The van der Waals surface area contributed by atoms with Crippen LogP contribution in [0.2, 0.25) is 0 Å². The van der Waals surface area contributed by atoms with Crippen LogP contribution in [0.5, 0.6) is 0 Å². The van der Waals surface area contributed by atoms with E-state index >= 15 is 0 Å². The molecule has 0 saturated carbocycles. The lowest BCUT2D eigenvalue weighted by Gasteiger charge is -2.29. The lowest BCUT2D eigenvalue weighted by Crippen LogP contribution is -2.38. The lowest BCUT2D eigenvalue weighted by atomic mass is 9.99. The predicted octanol–water partition coefficient (Wildman–Crippen LogP) is 3.21. The van der Waals surface area contributed by atoms with Gasteiger partial charge in [0.1, 0.15) is 11.6 Å². The topological polar surface area (TPSA) is 15.3 Å². The van der Waals surface area contributed by atoms with Gasteiger partial charge in [-0.3, -0.25) is 4.90 Å². The number of piperidine rings is 1. The summed E-state index contributed by atoms with van der Waals surface area (Å²) >= 11 is 0. The Kier molecular flexibility index (Phi) is 7.41. The average molecular weight is 305 g/mol. The summed E-state index contributed by atoms with van der Waals surface area (Å²) in [6, 6.07) is 4.07. The molecule has 1 saturated heterocycles. The molecule has 1 aliphatic rings. The highest BCUT2D eigenvalue weighted by Gasteiger charge is 2.18. The van der Waals surface area contributed by atoms with E-state index in [1.807, 2.05) is 6.92 Å². The van der Waals surface area contributed by atoms with E-state index in [0.717, 1.165) is 26.2 Å². The van der Waals surface area contributed by atoms with Gasteiger partial charge in [0, 0.05) is 18.7 Å². The van der Waals surface area contributed by atoms with Crippen molar-refractivity contribution >= 4 is 12.4 Å². The Bertz CT molecular complexity index is 389. The molecule has 0 amide bonds. The fourth-order valence-corrected chi connectivity index (χ4v) is 2.66. The minimum Gasteiger partial charge on any atom is -0.316 e. The third-order valence-corrected chi connectivity index (χ3v) is 3.81. The number of hydrogen-bond acceptors (Lipinski definition) is 2. The van der Waals surface area contributed by atoms with Crippen molar-refractivity contribution in [1.29, 1.82) is 0 Å². The summed E-state index contributed by atoms with van der Waals surface area (Å²) in [6.45, 7) is 6.20. The van der Waals surface area contributed by atoms with Crippen molar-refractivity contribution in [2.45, 2.75) is 26.3 Å². The molecule has 2 rings (SSSR count). The fraction of sp³-hybridized carbons (Fsp3) is 0.600. The molecule has 1 atom stereocenters. The molecule has 1 aromatic carbocycles. The van der Waals surface area contributed by atoms with Crippen LogP contribution in [0.3, 0.4) is 0 Å². The van der Waals surface area contributed by atoms with E-state index in [1.165, 1.54) is 31.0 Å². The Morgan fingerprint density at radius 1 is 1.30 bits per heavy atom. The third-order valence-electron chi connectivity index (χ3n) is 3.81. The standard InChI is InChI=1S/C15H22F2N2.ClH/c1-2-19(10-12-5-4-8-18-9-12)11-13-14(16)6-3-7-15(13)17;/h3,6-7,12,18H,2,4-5,8-11H2,1H3;1H. The van der Waals surface area contributed by atoms with E-state index in [1.54, 1.807) is 0 Å². The molecule has 5 heteroatoms. The number of nitrogens with one attached hydrogen (secondary N) is 1. The molecule has 1 heterocycles. The van der Waals surface area contributed by atoms with Crippen molar-refractivity contribution in [3.63, 3.8) is 0 Å². The van der Waals surface area contributed by atoms with Crippen molar-refractivity contribution < 1.29 is 8.78 Å². The number of rotatable bonds is 5. The summed E-state index contributed by atoms with van der Waals surface area (Å²) in [7, 11) is 0. The van der Waals surface area contributed by atoms with Crippen LogP contribution in [0.15, 0.2) is 18.2 Å². The molecule has 2 nitrogen and oxygen atoms in total. The Labute approximate surface area is 126 Å². The minimum atomic E-state index is -0.444. The highest BCUT2D eigenvalue weighted by atomic mass is 35.5. The molecule has 1 fully saturated rings. The van der Waals surface area contributed by atoms with E-state index in [0.29, 0.717) is 12.5 Å². The van der Waals surface area contributed by atoms with Gasteiger partial charge < -0.3 is 5.32 Å². The first kappa shape index (κ1) is 17.3. The maximum Gasteiger partial charge on any atom is 0.130 e. The van der Waals surface area contributed by atoms with Crippen molar-refractivity contribution in [2.24, 2.45) is 5.92 Å². The monoisotopic (exact) mass is 304 g/mol. The van der Waals surface area contributed by atoms with E-state index in [9.17, 15) is 8.78 Å². The molecule has 20 heavy (non-hydrogen) atoms. The highest BCUT2D eigenvalue weighted by molar-refractivity contribution is 5.85. The van der Waals surface area contributed by atoms with Gasteiger partial charge in [-0.25, -0.2) is 8.78 Å². The quantitative estimate of drug-likeness (QED) is 0.898. The average Bonchev–Trinajstić information content (AvgIpc) is 2.43. The van der Waals surface area contributed by atoms with Gasteiger partial charge in [0.2, 0.25) is 0 Å². The molecular weight excluding hydrogens is 282 g/mol. The molecule has 114 valence electrons. The molecule has 0 bridgehead atoms. The van der Waals surface area contributed by atoms with Gasteiger partial charge in [-0.05, 0) is 50.5 Å². The van der Waals surface area contributed by atoms with Crippen molar-refractivity contribution in [3.8, 4) is 0 Å². The molecule has 0 aliphatic carbocycles. The molecule has 0 aromatic heterocycles. The third kappa shape index (κ3) is 4.69.